The van der Waals surface area contributed by atoms with Gasteiger partial charge in [0, 0.05) is 49.4 Å². The maximum Gasteiger partial charge on any atom is 0.0641 e. The molecule has 0 radical (unpaired) electrons. The van der Waals surface area contributed by atoms with Gasteiger partial charge >= 0.3 is 0 Å². The van der Waals surface area contributed by atoms with Crippen molar-refractivity contribution in [1.82, 2.24) is 20.0 Å². The zero-order valence-corrected chi connectivity index (χ0v) is 18.9. The number of aromatic nitrogens is 2. The van der Waals surface area contributed by atoms with Crippen molar-refractivity contribution in [2.24, 2.45) is 11.3 Å². The van der Waals surface area contributed by atoms with Crippen LogP contribution < -0.4 is 5.32 Å². The first-order chi connectivity index (χ1) is 12.6. The monoisotopic (exact) mass is 424 g/mol. The Balaban J connectivity index is 0.00000140. The van der Waals surface area contributed by atoms with Gasteiger partial charge in [-0.15, -0.1) is 24.8 Å². The number of benzene rings is 1. The van der Waals surface area contributed by atoms with Crippen LogP contribution in [0.1, 0.15) is 35.9 Å². The van der Waals surface area contributed by atoms with Gasteiger partial charge in [-0.2, -0.15) is 5.10 Å². The van der Waals surface area contributed by atoms with E-state index in [1.807, 2.05) is 0 Å². The second-order valence-electron chi connectivity index (χ2n) is 8.31. The third-order valence-electron chi connectivity index (χ3n) is 6.72. The molecule has 2 aliphatic rings. The molecule has 2 saturated heterocycles. The van der Waals surface area contributed by atoms with E-state index in [0.29, 0.717) is 5.41 Å². The van der Waals surface area contributed by atoms with Crippen LogP contribution in [0.25, 0.3) is 0 Å². The highest BCUT2D eigenvalue weighted by molar-refractivity contribution is 5.85. The number of halogens is 2. The molecule has 0 aliphatic carbocycles. The first-order valence-corrected chi connectivity index (χ1v) is 10.1. The SMILES string of the molecule is CCn1nc(C)c(CN2CC3CNCC3(CCc3ccccc3)C2)c1C.Cl.Cl. The average Bonchev–Trinajstić information content (AvgIpc) is 3.27. The summed E-state index contributed by atoms with van der Waals surface area (Å²) in [5.74, 6) is 0.785. The summed E-state index contributed by atoms with van der Waals surface area (Å²) in [4.78, 5) is 2.69. The van der Waals surface area contributed by atoms with Crippen LogP contribution in [0.3, 0.4) is 0 Å². The molecule has 2 fully saturated rings. The lowest BCUT2D eigenvalue weighted by molar-refractivity contribution is 0.237. The largest absolute Gasteiger partial charge is 0.316 e. The quantitative estimate of drug-likeness (QED) is 0.759. The van der Waals surface area contributed by atoms with Crippen LogP contribution in [0.15, 0.2) is 30.3 Å². The van der Waals surface area contributed by atoms with Crippen molar-refractivity contribution in [3.63, 3.8) is 0 Å². The standard InChI is InChI=1S/C22H32N4.2ClH/c1-4-26-18(3)21(17(2)24-26)14-25-13-20-12-23-15-22(20,16-25)11-10-19-8-6-5-7-9-19;;/h5-9,20,23H,4,10-16H2,1-3H3;2*1H. The molecule has 0 saturated carbocycles. The summed E-state index contributed by atoms with van der Waals surface area (Å²) < 4.78 is 2.15. The van der Waals surface area contributed by atoms with E-state index < -0.39 is 0 Å². The molecule has 4 rings (SSSR count). The first-order valence-electron chi connectivity index (χ1n) is 10.1. The van der Waals surface area contributed by atoms with Crippen LogP contribution >= 0.6 is 24.8 Å². The fraction of sp³-hybridized carbons (Fsp3) is 0.591. The minimum atomic E-state index is 0. The lowest BCUT2D eigenvalue weighted by Crippen LogP contribution is -2.33. The zero-order chi connectivity index (χ0) is 18.1. The van der Waals surface area contributed by atoms with Crippen LogP contribution in [-0.4, -0.2) is 40.9 Å². The van der Waals surface area contributed by atoms with E-state index in [0.717, 1.165) is 19.0 Å². The van der Waals surface area contributed by atoms with Gasteiger partial charge in [0.1, 0.15) is 0 Å². The second-order valence-corrected chi connectivity index (χ2v) is 8.31. The molecule has 2 atom stereocenters. The van der Waals surface area contributed by atoms with E-state index >= 15 is 0 Å². The summed E-state index contributed by atoms with van der Waals surface area (Å²) in [7, 11) is 0. The summed E-state index contributed by atoms with van der Waals surface area (Å²) in [6, 6.07) is 11.0. The molecule has 2 unspecified atom stereocenters. The Morgan fingerprint density at radius 1 is 1.18 bits per heavy atom. The molecule has 6 heteroatoms. The van der Waals surface area contributed by atoms with Gasteiger partial charge in [-0.1, -0.05) is 30.3 Å². The molecular weight excluding hydrogens is 391 g/mol. The molecule has 1 N–H and O–H groups in total. The van der Waals surface area contributed by atoms with Crippen molar-refractivity contribution >= 4 is 24.8 Å². The van der Waals surface area contributed by atoms with Crippen molar-refractivity contribution < 1.29 is 0 Å². The van der Waals surface area contributed by atoms with E-state index in [-0.39, 0.29) is 24.8 Å². The molecule has 0 spiro atoms. The molecule has 2 aromatic rings. The van der Waals surface area contributed by atoms with Crippen molar-refractivity contribution in [3.8, 4) is 0 Å². The maximum absolute atomic E-state index is 4.71. The first kappa shape index (κ1) is 23.2. The second kappa shape index (κ2) is 9.62. The fourth-order valence-corrected chi connectivity index (χ4v) is 5.15. The minimum Gasteiger partial charge on any atom is -0.316 e. The highest BCUT2D eigenvalue weighted by atomic mass is 35.5. The van der Waals surface area contributed by atoms with E-state index in [9.17, 15) is 0 Å². The average molecular weight is 425 g/mol. The maximum atomic E-state index is 4.71. The summed E-state index contributed by atoms with van der Waals surface area (Å²) >= 11 is 0. The predicted molar refractivity (Wildman–Crippen MR) is 121 cm³/mol. The van der Waals surface area contributed by atoms with Gasteiger partial charge in [0.25, 0.3) is 0 Å². The molecule has 1 aromatic heterocycles. The smallest absolute Gasteiger partial charge is 0.0641 e. The third kappa shape index (κ3) is 4.40. The Hall–Kier alpha value is -1.07. The molecule has 0 bridgehead atoms. The van der Waals surface area contributed by atoms with Gasteiger partial charge in [-0.05, 0) is 51.6 Å². The van der Waals surface area contributed by atoms with Crippen LogP contribution in [0.2, 0.25) is 0 Å². The van der Waals surface area contributed by atoms with Crippen molar-refractivity contribution in [3.05, 3.63) is 52.8 Å². The lowest BCUT2D eigenvalue weighted by Gasteiger charge is -2.28. The molecule has 156 valence electrons. The molecule has 1 aromatic carbocycles. The fourth-order valence-electron chi connectivity index (χ4n) is 5.15. The van der Waals surface area contributed by atoms with Gasteiger partial charge in [0.05, 0.1) is 5.69 Å². The van der Waals surface area contributed by atoms with Gasteiger partial charge in [-0.3, -0.25) is 9.58 Å². The molecule has 3 heterocycles. The van der Waals surface area contributed by atoms with Crippen LogP contribution in [0, 0.1) is 25.2 Å². The van der Waals surface area contributed by atoms with Gasteiger partial charge in [0.2, 0.25) is 0 Å². The molecular formula is C22H34Cl2N4. The summed E-state index contributed by atoms with van der Waals surface area (Å²) in [6.45, 7) is 13.4. The van der Waals surface area contributed by atoms with Gasteiger partial charge < -0.3 is 5.32 Å². The zero-order valence-electron chi connectivity index (χ0n) is 17.3. The highest BCUT2D eigenvalue weighted by Crippen LogP contribution is 2.43. The van der Waals surface area contributed by atoms with Crippen LogP contribution in [-0.2, 0) is 19.5 Å². The molecule has 0 amide bonds. The Morgan fingerprint density at radius 2 is 1.93 bits per heavy atom. The number of fused-ring (bicyclic) bond motifs is 1. The lowest BCUT2D eigenvalue weighted by atomic mass is 9.76. The van der Waals surface area contributed by atoms with Gasteiger partial charge in [-0.25, -0.2) is 0 Å². The number of hydrogen-bond acceptors (Lipinski definition) is 3. The van der Waals surface area contributed by atoms with E-state index in [1.54, 1.807) is 0 Å². The van der Waals surface area contributed by atoms with Gasteiger partial charge in [0.15, 0.2) is 0 Å². The summed E-state index contributed by atoms with van der Waals surface area (Å²) in [5.41, 5.74) is 5.91. The molecule has 28 heavy (non-hydrogen) atoms. The number of hydrogen-bond donors (Lipinski definition) is 1. The molecule has 2 aliphatic heterocycles. The van der Waals surface area contributed by atoms with E-state index in [4.69, 9.17) is 5.10 Å². The number of aryl methyl sites for hydroxylation is 3. The van der Waals surface area contributed by atoms with Crippen molar-refractivity contribution in [1.29, 1.82) is 0 Å². The van der Waals surface area contributed by atoms with Crippen molar-refractivity contribution in [2.75, 3.05) is 26.2 Å². The Labute approximate surface area is 181 Å². The summed E-state index contributed by atoms with van der Waals surface area (Å²) in [6.07, 6.45) is 2.48. The topological polar surface area (TPSA) is 33.1 Å². The van der Waals surface area contributed by atoms with Crippen LogP contribution in [0.5, 0.6) is 0 Å². The van der Waals surface area contributed by atoms with Crippen molar-refractivity contribution in [2.45, 2.75) is 46.7 Å². The minimum absolute atomic E-state index is 0. The van der Waals surface area contributed by atoms with E-state index in [2.05, 4.69) is 66.0 Å². The number of rotatable bonds is 6. The number of nitrogens with zero attached hydrogens (tertiary/aromatic N) is 3. The highest BCUT2D eigenvalue weighted by Gasteiger charge is 2.48. The number of nitrogens with one attached hydrogen (secondary N) is 1. The third-order valence-corrected chi connectivity index (χ3v) is 6.72. The Kier molecular flexibility index (Phi) is 7.97. The normalized spacial score (nSPS) is 23.9. The summed E-state index contributed by atoms with van der Waals surface area (Å²) in [5, 5.41) is 8.39. The van der Waals surface area contributed by atoms with Crippen LogP contribution in [0.4, 0.5) is 0 Å². The number of likely N-dealkylation sites (tertiary alicyclic amines) is 1. The Bertz CT molecular complexity index is 761. The molecule has 4 nitrogen and oxygen atoms in total. The van der Waals surface area contributed by atoms with E-state index in [1.165, 1.54) is 61.5 Å². The predicted octanol–water partition coefficient (Wildman–Crippen LogP) is 4.02. The Morgan fingerprint density at radius 3 is 2.61 bits per heavy atom.